The molecule has 1 aromatic rings. The normalized spacial score (nSPS) is 18.5. The van der Waals surface area contributed by atoms with Crippen molar-refractivity contribution in [2.24, 2.45) is 0 Å². The van der Waals surface area contributed by atoms with E-state index in [0.717, 1.165) is 6.04 Å². The molecule has 82 valence electrons. The first-order valence-electron chi connectivity index (χ1n) is 5.69. The average molecular weight is 221 g/mol. The van der Waals surface area contributed by atoms with Crippen molar-refractivity contribution in [3.05, 3.63) is 29.8 Å². The largest absolute Gasteiger partial charge is 0.307 e. The van der Waals surface area contributed by atoms with Gasteiger partial charge in [0.15, 0.2) is 0 Å². The number of hydrogen-bond acceptors (Lipinski definition) is 2. The van der Waals surface area contributed by atoms with Crippen LogP contribution in [0.1, 0.15) is 37.8 Å². The molecule has 2 heteroatoms. The summed E-state index contributed by atoms with van der Waals surface area (Å²) in [5.41, 5.74) is 1.40. The van der Waals surface area contributed by atoms with Crippen LogP contribution in [0.2, 0.25) is 0 Å². The van der Waals surface area contributed by atoms with Crippen molar-refractivity contribution in [1.82, 2.24) is 5.32 Å². The van der Waals surface area contributed by atoms with Crippen molar-refractivity contribution in [3.8, 4) is 0 Å². The average Bonchev–Trinajstić information content (AvgIpc) is 2.23. The molecule has 2 rings (SSSR count). The molecule has 1 nitrogen and oxygen atoms in total. The molecular formula is C13H19NS. The zero-order chi connectivity index (χ0) is 10.7. The van der Waals surface area contributed by atoms with Crippen LogP contribution >= 0.6 is 11.8 Å². The van der Waals surface area contributed by atoms with Gasteiger partial charge >= 0.3 is 0 Å². The Morgan fingerprint density at radius 1 is 1.27 bits per heavy atom. The maximum atomic E-state index is 3.66. The van der Waals surface area contributed by atoms with E-state index in [1.807, 2.05) is 0 Å². The Bertz CT molecular complexity index is 303. The first kappa shape index (κ1) is 11.0. The lowest BCUT2D eigenvalue weighted by molar-refractivity contribution is 0.313. The Hall–Kier alpha value is -0.470. The maximum absolute atomic E-state index is 3.66. The molecule has 0 radical (unpaired) electrons. The van der Waals surface area contributed by atoms with Gasteiger partial charge in [0.2, 0.25) is 0 Å². The van der Waals surface area contributed by atoms with Gasteiger partial charge in [-0.15, -0.1) is 11.8 Å². The van der Waals surface area contributed by atoms with Crippen molar-refractivity contribution in [1.29, 1.82) is 0 Å². The Morgan fingerprint density at radius 3 is 2.40 bits per heavy atom. The highest BCUT2D eigenvalue weighted by Crippen LogP contribution is 2.24. The SMILES string of the molecule is CSc1ccc(C(C)NC2CCC2)cc1. The third-order valence-electron chi connectivity index (χ3n) is 3.21. The van der Waals surface area contributed by atoms with E-state index in [-0.39, 0.29) is 0 Å². The maximum Gasteiger partial charge on any atom is 0.0294 e. The van der Waals surface area contributed by atoms with E-state index in [0.29, 0.717) is 6.04 Å². The molecule has 1 fully saturated rings. The first-order valence-corrected chi connectivity index (χ1v) is 6.92. The van der Waals surface area contributed by atoms with Gasteiger partial charge in [-0.3, -0.25) is 0 Å². The molecule has 15 heavy (non-hydrogen) atoms. The number of hydrogen-bond donors (Lipinski definition) is 1. The molecule has 1 aliphatic rings. The van der Waals surface area contributed by atoms with Crippen LogP contribution in [-0.4, -0.2) is 12.3 Å². The van der Waals surface area contributed by atoms with Crippen LogP contribution in [0.4, 0.5) is 0 Å². The summed E-state index contributed by atoms with van der Waals surface area (Å²) >= 11 is 1.80. The minimum Gasteiger partial charge on any atom is -0.307 e. The van der Waals surface area contributed by atoms with Crippen molar-refractivity contribution >= 4 is 11.8 Å². The van der Waals surface area contributed by atoms with Crippen LogP contribution in [0.3, 0.4) is 0 Å². The van der Waals surface area contributed by atoms with Crippen LogP contribution < -0.4 is 5.32 Å². The van der Waals surface area contributed by atoms with E-state index in [1.165, 1.54) is 29.7 Å². The lowest BCUT2D eigenvalue weighted by Gasteiger charge is -2.30. The molecule has 1 N–H and O–H groups in total. The first-order chi connectivity index (χ1) is 7.29. The second-order valence-corrected chi connectivity index (χ2v) is 5.17. The summed E-state index contributed by atoms with van der Waals surface area (Å²) in [6, 6.07) is 10.1. The Morgan fingerprint density at radius 2 is 1.93 bits per heavy atom. The highest BCUT2D eigenvalue weighted by molar-refractivity contribution is 7.98. The summed E-state index contributed by atoms with van der Waals surface area (Å²) in [6.07, 6.45) is 6.22. The number of rotatable bonds is 4. The minimum atomic E-state index is 0.492. The topological polar surface area (TPSA) is 12.0 Å². The smallest absolute Gasteiger partial charge is 0.0294 e. The molecule has 0 bridgehead atoms. The summed E-state index contributed by atoms with van der Waals surface area (Å²) in [4.78, 5) is 1.34. The monoisotopic (exact) mass is 221 g/mol. The fourth-order valence-electron chi connectivity index (χ4n) is 1.92. The number of benzene rings is 1. The molecule has 0 heterocycles. The number of nitrogens with one attached hydrogen (secondary N) is 1. The van der Waals surface area contributed by atoms with Gasteiger partial charge in [-0.2, -0.15) is 0 Å². The molecule has 1 unspecified atom stereocenters. The zero-order valence-corrected chi connectivity index (χ0v) is 10.3. The molecule has 1 aliphatic carbocycles. The summed E-state index contributed by atoms with van der Waals surface area (Å²) in [5, 5.41) is 3.66. The van der Waals surface area contributed by atoms with Crippen LogP contribution in [-0.2, 0) is 0 Å². The second kappa shape index (κ2) is 5.04. The highest BCUT2D eigenvalue weighted by atomic mass is 32.2. The molecule has 1 saturated carbocycles. The lowest BCUT2D eigenvalue weighted by atomic mass is 9.92. The van der Waals surface area contributed by atoms with Gasteiger partial charge in [0.05, 0.1) is 0 Å². The molecule has 0 aliphatic heterocycles. The van der Waals surface area contributed by atoms with Crippen molar-refractivity contribution in [2.75, 3.05) is 6.26 Å². The Labute approximate surface area is 96.7 Å². The highest BCUT2D eigenvalue weighted by Gasteiger charge is 2.19. The summed E-state index contributed by atoms with van der Waals surface area (Å²) in [7, 11) is 0. The molecule has 0 amide bonds. The van der Waals surface area contributed by atoms with Gasteiger partial charge in [0.1, 0.15) is 0 Å². The van der Waals surface area contributed by atoms with Crippen LogP contribution in [0.25, 0.3) is 0 Å². The van der Waals surface area contributed by atoms with Gasteiger partial charge < -0.3 is 5.32 Å². The second-order valence-electron chi connectivity index (χ2n) is 4.29. The van der Waals surface area contributed by atoms with Gasteiger partial charge in [-0.05, 0) is 43.7 Å². The van der Waals surface area contributed by atoms with E-state index < -0.39 is 0 Å². The Kier molecular flexibility index (Phi) is 3.71. The predicted molar refractivity (Wildman–Crippen MR) is 67.4 cm³/mol. The molecule has 0 aromatic heterocycles. The van der Waals surface area contributed by atoms with Crippen LogP contribution in [0.5, 0.6) is 0 Å². The summed E-state index contributed by atoms with van der Waals surface area (Å²) in [6.45, 7) is 2.26. The standard InChI is InChI=1S/C13H19NS/c1-10(14-12-4-3-5-12)11-6-8-13(15-2)9-7-11/h6-10,12,14H,3-5H2,1-2H3. The summed E-state index contributed by atoms with van der Waals surface area (Å²) in [5.74, 6) is 0. The van der Waals surface area contributed by atoms with Gasteiger partial charge in [-0.25, -0.2) is 0 Å². The number of thioether (sulfide) groups is 1. The van der Waals surface area contributed by atoms with Gasteiger partial charge in [0, 0.05) is 17.0 Å². The van der Waals surface area contributed by atoms with Gasteiger partial charge in [0.25, 0.3) is 0 Å². The van der Waals surface area contributed by atoms with Crippen molar-refractivity contribution < 1.29 is 0 Å². The van der Waals surface area contributed by atoms with Gasteiger partial charge in [-0.1, -0.05) is 18.6 Å². The van der Waals surface area contributed by atoms with E-state index in [1.54, 1.807) is 11.8 Å². The molecule has 1 aromatic carbocycles. The van der Waals surface area contributed by atoms with E-state index in [2.05, 4.69) is 42.8 Å². The molecule has 0 spiro atoms. The quantitative estimate of drug-likeness (QED) is 0.779. The minimum absolute atomic E-state index is 0.492. The van der Waals surface area contributed by atoms with Crippen LogP contribution in [0, 0.1) is 0 Å². The molecular weight excluding hydrogens is 202 g/mol. The lowest BCUT2D eigenvalue weighted by Crippen LogP contribution is -2.36. The van der Waals surface area contributed by atoms with E-state index in [9.17, 15) is 0 Å². The van der Waals surface area contributed by atoms with Crippen molar-refractivity contribution in [3.63, 3.8) is 0 Å². The predicted octanol–water partition coefficient (Wildman–Crippen LogP) is 3.61. The molecule has 0 saturated heterocycles. The Balaban J connectivity index is 1.94. The fourth-order valence-corrected chi connectivity index (χ4v) is 2.33. The van der Waals surface area contributed by atoms with Crippen molar-refractivity contribution in [2.45, 2.75) is 43.2 Å². The van der Waals surface area contributed by atoms with Crippen LogP contribution in [0.15, 0.2) is 29.2 Å². The zero-order valence-electron chi connectivity index (χ0n) is 9.49. The summed E-state index contributed by atoms with van der Waals surface area (Å²) < 4.78 is 0. The van der Waals surface area contributed by atoms with E-state index in [4.69, 9.17) is 0 Å². The van der Waals surface area contributed by atoms with E-state index >= 15 is 0 Å². The third-order valence-corrected chi connectivity index (χ3v) is 3.95. The third kappa shape index (κ3) is 2.76. The fraction of sp³-hybridized carbons (Fsp3) is 0.538. The molecule has 1 atom stereocenters.